The van der Waals surface area contributed by atoms with Gasteiger partial charge in [-0.25, -0.2) is 5.43 Å². The van der Waals surface area contributed by atoms with Gasteiger partial charge in [-0.05, 0) is 50.2 Å². The van der Waals surface area contributed by atoms with Crippen molar-refractivity contribution in [1.29, 1.82) is 0 Å². The summed E-state index contributed by atoms with van der Waals surface area (Å²) in [4.78, 5) is 12.2. The minimum absolute atomic E-state index is 0.301. The number of hydrogen-bond donors (Lipinski definition) is 1. The molecule has 2 aromatic carbocycles. The summed E-state index contributed by atoms with van der Waals surface area (Å²) in [5, 5.41) is 4.77. The number of hydrazone groups is 1. The number of nitrogens with one attached hydrogen (secondary N) is 1. The first-order valence-corrected chi connectivity index (χ1v) is 8.80. The van der Waals surface area contributed by atoms with E-state index < -0.39 is 0 Å². The Kier molecular flexibility index (Phi) is 5.62. The van der Waals surface area contributed by atoms with Crippen molar-refractivity contribution < 1.29 is 9.53 Å². The summed E-state index contributed by atoms with van der Waals surface area (Å²) in [5.74, 6) is 0.319. The quantitative estimate of drug-likeness (QED) is 0.521. The molecule has 0 aliphatic heterocycles. The fourth-order valence-corrected chi connectivity index (χ4v) is 3.13. The Labute approximate surface area is 163 Å². The van der Waals surface area contributed by atoms with Crippen LogP contribution >= 0.6 is 11.6 Å². The number of aromatic nitrogens is 1. The number of para-hydroxylation sites is 1. The number of nitrogens with zero attached hydrogens (tertiary/aromatic N) is 2. The summed E-state index contributed by atoms with van der Waals surface area (Å²) in [6, 6.07) is 16.6. The lowest BCUT2D eigenvalue weighted by atomic mass is 10.2. The van der Waals surface area contributed by atoms with E-state index >= 15 is 0 Å². The fraction of sp³-hybridized carbons (Fsp3) is 0.143. The van der Waals surface area contributed by atoms with Crippen molar-refractivity contribution in [2.24, 2.45) is 5.10 Å². The van der Waals surface area contributed by atoms with Crippen molar-refractivity contribution in [3.8, 4) is 11.4 Å². The highest BCUT2D eigenvalue weighted by Gasteiger charge is 2.12. The van der Waals surface area contributed by atoms with E-state index in [1.165, 1.54) is 0 Å². The molecule has 5 nitrogen and oxygen atoms in total. The van der Waals surface area contributed by atoms with Gasteiger partial charge < -0.3 is 9.30 Å². The predicted molar refractivity (Wildman–Crippen MR) is 108 cm³/mol. The Bertz CT molecular complexity index is 1010. The summed E-state index contributed by atoms with van der Waals surface area (Å²) in [6.45, 7) is 3.99. The van der Waals surface area contributed by atoms with Gasteiger partial charge in [0.2, 0.25) is 0 Å². The summed E-state index contributed by atoms with van der Waals surface area (Å²) in [5.41, 5.74) is 6.85. The van der Waals surface area contributed by atoms with E-state index in [9.17, 15) is 4.79 Å². The molecule has 138 valence electrons. The van der Waals surface area contributed by atoms with E-state index in [1.54, 1.807) is 37.6 Å². The molecule has 6 heteroatoms. The number of carbonyl (C=O) groups is 1. The number of ether oxygens (including phenoxy) is 1. The Balaban J connectivity index is 1.79. The van der Waals surface area contributed by atoms with E-state index in [4.69, 9.17) is 16.3 Å². The van der Waals surface area contributed by atoms with E-state index in [0.717, 1.165) is 22.6 Å². The summed E-state index contributed by atoms with van der Waals surface area (Å²) in [7, 11) is 1.56. The lowest BCUT2D eigenvalue weighted by Gasteiger charge is -2.11. The number of hydrogen-bond acceptors (Lipinski definition) is 3. The Hall–Kier alpha value is -3.05. The van der Waals surface area contributed by atoms with Gasteiger partial charge in [0.05, 0.1) is 24.0 Å². The minimum atomic E-state index is -0.301. The van der Waals surface area contributed by atoms with Crippen LogP contribution in [0.4, 0.5) is 0 Å². The van der Waals surface area contributed by atoms with Crippen molar-refractivity contribution in [3.63, 3.8) is 0 Å². The standard InChI is InChI=1S/C21H20ClN3O2/c1-14-11-17(15(2)25(14)20-10-5-4-9-19(20)22)13-23-24-21(26)16-7-6-8-18(12-16)27-3/h4-13H,1-3H3,(H,24,26)/b23-13-. The third-order valence-corrected chi connectivity index (χ3v) is 4.58. The third kappa shape index (κ3) is 4.04. The van der Waals surface area contributed by atoms with Gasteiger partial charge in [0, 0.05) is 22.5 Å². The maximum atomic E-state index is 12.2. The SMILES string of the molecule is COc1cccc(C(=O)N/N=C\c2cc(C)n(-c3ccccc3Cl)c2C)c1. The van der Waals surface area contributed by atoms with Gasteiger partial charge in [-0.15, -0.1) is 0 Å². The van der Waals surface area contributed by atoms with E-state index in [1.807, 2.05) is 44.2 Å². The van der Waals surface area contributed by atoms with Crippen LogP contribution in [0.1, 0.15) is 27.3 Å². The number of amides is 1. The first-order valence-electron chi connectivity index (χ1n) is 8.42. The van der Waals surface area contributed by atoms with E-state index in [0.29, 0.717) is 16.3 Å². The summed E-state index contributed by atoms with van der Waals surface area (Å²) in [6.07, 6.45) is 1.63. The third-order valence-electron chi connectivity index (χ3n) is 4.27. The first kappa shape index (κ1) is 18.7. The Morgan fingerprint density at radius 3 is 2.67 bits per heavy atom. The molecule has 3 rings (SSSR count). The zero-order valence-electron chi connectivity index (χ0n) is 15.4. The average Bonchev–Trinajstić information content (AvgIpc) is 2.95. The molecule has 0 saturated carbocycles. The lowest BCUT2D eigenvalue weighted by Crippen LogP contribution is -2.17. The molecule has 1 heterocycles. The highest BCUT2D eigenvalue weighted by molar-refractivity contribution is 6.32. The predicted octanol–water partition coefficient (Wildman–Crippen LogP) is 4.52. The molecule has 0 atom stereocenters. The van der Waals surface area contributed by atoms with Crippen LogP contribution in [0.15, 0.2) is 59.7 Å². The molecule has 0 unspecified atom stereocenters. The van der Waals surface area contributed by atoms with Crippen LogP contribution < -0.4 is 10.2 Å². The molecule has 3 aromatic rings. The number of benzene rings is 2. The maximum absolute atomic E-state index is 12.2. The van der Waals surface area contributed by atoms with Crippen LogP contribution in [0.3, 0.4) is 0 Å². The molecule has 1 N–H and O–H groups in total. The number of aryl methyl sites for hydroxylation is 1. The molecular weight excluding hydrogens is 362 g/mol. The molecule has 27 heavy (non-hydrogen) atoms. The van der Waals surface area contributed by atoms with Crippen molar-refractivity contribution in [1.82, 2.24) is 9.99 Å². The molecule has 0 spiro atoms. The van der Waals surface area contributed by atoms with Crippen LogP contribution in [-0.4, -0.2) is 23.8 Å². The number of methoxy groups -OCH3 is 1. The monoisotopic (exact) mass is 381 g/mol. The molecule has 0 aliphatic carbocycles. The van der Waals surface area contributed by atoms with Gasteiger partial charge >= 0.3 is 0 Å². The largest absolute Gasteiger partial charge is 0.497 e. The summed E-state index contributed by atoms with van der Waals surface area (Å²) < 4.78 is 7.19. The summed E-state index contributed by atoms with van der Waals surface area (Å²) >= 11 is 6.33. The van der Waals surface area contributed by atoms with Crippen molar-refractivity contribution >= 4 is 23.7 Å². The highest BCUT2D eigenvalue weighted by Crippen LogP contribution is 2.25. The molecule has 0 fully saturated rings. The topological polar surface area (TPSA) is 55.6 Å². The normalized spacial score (nSPS) is 11.0. The number of halogens is 1. The van der Waals surface area contributed by atoms with Crippen LogP contribution in [0.2, 0.25) is 5.02 Å². The smallest absolute Gasteiger partial charge is 0.271 e. The van der Waals surface area contributed by atoms with Gasteiger partial charge in [-0.2, -0.15) is 5.10 Å². The second-order valence-electron chi connectivity index (χ2n) is 6.04. The van der Waals surface area contributed by atoms with Gasteiger partial charge in [-0.1, -0.05) is 29.8 Å². The van der Waals surface area contributed by atoms with Crippen molar-refractivity contribution in [2.75, 3.05) is 7.11 Å². The second-order valence-corrected chi connectivity index (χ2v) is 6.45. The lowest BCUT2D eigenvalue weighted by molar-refractivity contribution is 0.0955. The number of rotatable bonds is 5. The highest BCUT2D eigenvalue weighted by atomic mass is 35.5. The molecular formula is C21H20ClN3O2. The minimum Gasteiger partial charge on any atom is -0.497 e. The number of carbonyl (C=O) groups excluding carboxylic acids is 1. The van der Waals surface area contributed by atoms with Gasteiger partial charge in [-0.3, -0.25) is 4.79 Å². The molecule has 0 bridgehead atoms. The van der Waals surface area contributed by atoms with E-state index in [2.05, 4.69) is 15.1 Å². The van der Waals surface area contributed by atoms with Crippen molar-refractivity contribution in [3.05, 3.63) is 82.1 Å². The van der Waals surface area contributed by atoms with E-state index in [-0.39, 0.29) is 5.91 Å². The van der Waals surface area contributed by atoms with Crippen molar-refractivity contribution in [2.45, 2.75) is 13.8 Å². The fourth-order valence-electron chi connectivity index (χ4n) is 2.91. The molecule has 1 amide bonds. The van der Waals surface area contributed by atoms with Gasteiger partial charge in [0.25, 0.3) is 5.91 Å². The molecule has 0 aliphatic rings. The molecule has 0 saturated heterocycles. The van der Waals surface area contributed by atoms with Crippen LogP contribution in [-0.2, 0) is 0 Å². The van der Waals surface area contributed by atoms with Gasteiger partial charge in [0.15, 0.2) is 0 Å². The van der Waals surface area contributed by atoms with Crippen LogP contribution in [0.25, 0.3) is 5.69 Å². The zero-order chi connectivity index (χ0) is 19.4. The Morgan fingerprint density at radius 2 is 1.93 bits per heavy atom. The van der Waals surface area contributed by atoms with Crippen LogP contribution in [0.5, 0.6) is 5.75 Å². The molecule has 0 radical (unpaired) electrons. The molecule has 1 aromatic heterocycles. The average molecular weight is 382 g/mol. The first-order chi connectivity index (χ1) is 13.0. The second kappa shape index (κ2) is 8.10. The zero-order valence-corrected chi connectivity index (χ0v) is 16.1. The maximum Gasteiger partial charge on any atom is 0.271 e. The Morgan fingerprint density at radius 1 is 1.15 bits per heavy atom. The van der Waals surface area contributed by atoms with Gasteiger partial charge in [0.1, 0.15) is 5.75 Å². The van der Waals surface area contributed by atoms with Crippen LogP contribution in [0, 0.1) is 13.8 Å².